The van der Waals surface area contributed by atoms with Gasteiger partial charge in [-0.2, -0.15) is 0 Å². The lowest BCUT2D eigenvalue weighted by Gasteiger charge is -2.16. The van der Waals surface area contributed by atoms with E-state index in [1.807, 2.05) is 36.4 Å². The molecule has 3 aromatic rings. The first kappa shape index (κ1) is 24.0. The van der Waals surface area contributed by atoms with E-state index in [9.17, 15) is 14.4 Å². The average molecular weight is 473 g/mol. The molecule has 7 heteroatoms. The van der Waals surface area contributed by atoms with Crippen molar-refractivity contribution in [3.05, 3.63) is 95.1 Å². The molecule has 0 saturated carbocycles. The predicted octanol–water partition coefficient (Wildman–Crippen LogP) is 4.25. The number of aliphatic carboxylic acids is 1. The van der Waals surface area contributed by atoms with Gasteiger partial charge >= 0.3 is 12.1 Å². The molecule has 1 aliphatic carbocycles. The third-order valence-corrected chi connectivity index (χ3v) is 6.28. The number of carbonyl (C=O) groups excluding carboxylic acids is 2. The molecule has 0 aromatic heterocycles. The number of fused-ring (bicyclic) bond motifs is 3. The zero-order chi connectivity index (χ0) is 24.8. The number of alkyl carbamates (subject to hydrolysis) is 1. The molecule has 1 atom stereocenters. The monoisotopic (exact) mass is 472 g/mol. The van der Waals surface area contributed by atoms with Crippen LogP contribution in [-0.2, 0) is 27.3 Å². The topological polar surface area (TPSA) is 105 Å². The molecule has 0 fully saturated rings. The molecule has 0 aliphatic heterocycles. The summed E-state index contributed by atoms with van der Waals surface area (Å²) in [5.41, 5.74) is 6.09. The minimum absolute atomic E-state index is 0.0202. The Morgan fingerprint density at radius 2 is 1.46 bits per heavy atom. The second-order valence-electron chi connectivity index (χ2n) is 8.49. The summed E-state index contributed by atoms with van der Waals surface area (Å²) in [4.78, 5) is 36.0. The van der Waals surface area contributed by atoms with Crippen LogP contribution in [0.4, 0.5) is 4.79 Å². The van der Waals surface area contributed by atoms with E-state index in [1.165, 1.54) is 0 Å². The lowest BCUT2D eigenvalue weighted by molar-refractivity contribution is -0.141. The standard InChI is InChI=1S/C28H28N2O5/c1-2-25(27(32)33)30-26(31)15-18-9-3-4-10-19(18)16-29-28(34)35-17-24-22-13-7-5-11-20(22)21-12-6-8-14-23(21)24/h3-14,24-25H,2,15-17H2,1H3,(H,29,34)(H,30,31)(H,32,33)/t25-/m1/s1. The number of rotatable bonds is 9. The summed E-state index contributed by atoms with van der Waals surface area (Å²) in [6.45, 7) is 2.11. The van der Waals surface area contributed by atoms with E-state index in [-0.39, 0.29) is 31.4 Å². The number of carboxylic acids is 1. The van der Waals surface area contributed by atoms with E-state index in [0.717, 1.165) is 27.8 Å². The van der Waals surface area contributed by atoms with E-state index in [4.69, 9.17) is 9.84 Å². The summed E-state index contributed by atoms with van der Waals surface area (Å²) < 4.78 is 5.58. The molecule has 0 radical (unpaired) electrons. The zero-order valence-electron chi connectivity index (χ0n) is 19.5. The van der Waals surface area contributed by atoms with Gasteiger partial charge < -0.3 is 20.5 Å². The second-order valence-corrected chi connectivity index (χ2v) is 8.49. The third kappa shape index (κ3) is 5.51. The van der Waals surface area contributed by atoms with Crippen LogP contribution in [0, 0.1) is 0 Å². The summed E-state index contributed by atoms with van der Waals surface area (Å²) in [5, 5.41) is 14.4. The highest BCUT2D eigenvalue weighted by atomic mass is 16.5. The first-order chi connectivity index (χ1) is 17.0. The van der Waals surface area contributed by atoms with E-state index >= 15 is 0 Å². The van der Waals surface area contributed by atoms with Gasteiger partial charge in [0.05, 0.1) is 6.42 Å². The van der Waals surface area contributed by atoms with Crippen molar-refractivity contribution in [3.8, 4) is 11.1 Å². The van der Waals surface area contributed by atoms with Gasteiger partial charge in [-0.15, -0.1) is 0 Å². The summed E-state index contributed by atoms with van der Waals surface area (Å²) in [7, 11) is 0. The van der Waals surface area contributed by atoms with Crippen molar-refractivity contribution in [2.45, 2.75) is 38.3 Å². The van der Waals surface area contributed by atoms with Crippen molar-refractivity contribution in [2.75, 3.05) is 6.61 Å². The smallest absolute Gasteiger partial charge is 0.407 e. The summed E-state index contributed by atoms with van der Waals surface area (Å²) >= 11 is 0. The maximum absolute atomic E-state index is 12.5. The molecule has 0 bridgehead atoms. The molecule has 0 spiro atoms. The van der Waals surface area contributed by atoms with Crippen LogP contribution >= 0.6 is 0 Å². The van der Waals surface area contributed by atoms with Crippen LogP contribution in [0.1, 0.15) is 41.5 Å². The maximum atomic E-state index is 12.5. The van der Waals surface area contributed by atoms with Gasteiger partial charge in [-0.25, -0.2) is 9.59 Å². The van der Waals surface area contributed by atoms with E-state index in [2.05, 4.69) is 34.9 Å². The molecule has 4 rings (SSSR count). The van der Waals surface area contributed by atoms with Gasteiger partial charge in [0.25, 0.3) is 0 Å². The zero-order valence-corrected chi connectivity index (χ0v) is 19.5. The first-order valence-corrected chi connectivity index (χ1v) is 11.7. The first-order valence-electron chi connectivity index (χ1n) is 11.7. The van der Waals surface area contributed by atoms with Crippen LogP contribution in [0.2, 0.25) is 0 Å². The Morgan fingerprint density at radius 3 is 2.06 bits per heavy atom. The number of amides is 2. The van der Waals surface area contributed by atoms with Crippen LogP contribution in [0.15, 0.2) is 72.8 Å². The Bertz CT molecular complexity index is 1190. The maximum Gasteiger partial charge on any atom is 0.407 e. The fourth-order valence-electron chi connectivity index (χ4n) is 4.48. The Labute approximate surface area is 204 Å². The molecule has 3 N–H and O–H groups in total. The van der Waals surface area contributed by atoms with Crippen molar-refractivity contribution in [1.82, 2.24) is 10.6 Å². The van der Waals surface area contributed by atoms with Gasteiger partial charge in [-0.05, 0) is 39.8 Å². The minimum atomic E-state index is -1.06. The largest absolute Gasteiger partial charge is 0.480 e. The third-order valence-electron chi connectivity index (χ3n) is 6.28. The SMILES string of the molecule is CC[C@@H](NC(=O)Cc1ccccc1CNC(=O)OCC1c2ccccc2-c2ccccc21)C(=O)O. The van der Waals surface area contributed by atoms with Crippen LogP contribution in [0.5, 0.6) is 0 Å². The number of nitrogens with one attached hydrogen (secondary N) is 2. The molecule has 0 saturated heterocycles. The van der Waals surface area contributed by atoms with Crippen molar-refractivity contribution >= 4 is 18.0 Å². The van der Waals surface area contributed by atoms with Gasteiger partial charge in [-0.1, -0.05) is 79.7 Å². The number of hydrogen-bond donors (Lipinski definition) is 3. The summed E-state index contributed by atoms with van der Waals surface area (Å²) in [6.07, 6.45) is -0.221. The highest BCUT2D eigenvalue weighted by molar-refractivity contribution is 5.85. The number of hydrogen-bond acceptors (Lipinski definition) is 4. The molecule has 7 nitrogen and oxygen atoms in total. The van der Waals surface area contributed by atoms with Crippen LogP contribution in [0.25, 0.3) is 11.1 Å². The fraction of sp³-hybridized carbons (Fsp3) is 0.250. The highest BCUT2D eigenvalue weighted by Crippen LogP contribution is 2.44. The van der Waals surface area contributed by atoms with Gasteiger partial charge in [0, 0.05) is 12.5 Å². The molecule has 35 heavy (non-hydrogen) atoms. The van der Waals surface area contributed by atoms with Crippen molar-refractivity contribution in [1.29, 1.82) is 0 Å². The van der Waals surface area contributed by atoms with E-state index < -0.39 is 18.1 Å². The van der Waals surface area contributed by atoms with Gasteiger partial charge in [0.15, 0.2) is 0 Å². The van der Waals surface area contributed by atoms with E-state index in [1.54, 1.807) is 19.1 Å². The normalized spacial score (nSPS) is 12.8. The average Bonchev–Trinajstić information content (AvgIpc) is 3.19. The molecule has 2 amide bonds. The van der Waals surface area contributed by atoms with Crippen LogP contribution in [0.3, 0.4) is 0 Å². The Balaban J connectivity index is 1.35. The molecule has 1 aliphatic rings. The number of benzene rings is 3. The second kappa shape index (κ2) is 10.9. The van der Waals surface area contributed by atoms with Crippen molar-refractivity contribution in [3.63, 3.8) is 0 Å². The Kier molecular flexibility index (Phi) is 7.45. The lowest BCUT2D eigenvalue weighted by atomic mass is 9.98. The van der Waals surface area contributed by atoms with Gasteiger partial charge in [0.2, 0.25) is 5.91 Å². The number of carboxylic acid groups (broad SMARTS) is 1. The quantitative estimate of drug-likeness (QED) is 0.432. The highest BCUT2D eigenvalue weighted by Gasteiger charge is 2.29. The van der Waals surface area contributed by atoms with Crippen LogP contribution < -0.4 is 10.6 Å². The molecular formula is C28H28N2O5. The van der Waals surface area contributed by atoms with E-state index in [0.29, 0.717) is 12.0 Å². The van der Waals surface area contributed by atoms with Gasteiger partial charge in [-0.3, -0.25) is 4.79 Å². The number of ether oxygens (including phenoxy) is 1. The lowest BCUT2D eigenvalue weighted by Crippen LogP contribution is -2.41. The number of carbonyl (C=O) groups is 3. The minimum Gasteiger partial charge on any atom is -0.480 e. The fourth-order valence-corrected chi connectivity index (χ4v) is 4.48. The van der Waals surface area contributed by atoms with Crippen molar-refractivity contribution in [2.24, 2.45) is 0 Å². The molecule has 0 heterocycles. The Morgan fingerprint density at radius 1 is 0.886 bits per heavy atom. The Hall–Kier alpha value is -4.13. The summed E-state index contributed by atoms with van der Waals surface area (Å²) in [5.74, 6) is -1.47. The summed E-state index contributed by atoms with van der Waals surface area (Å²) in [6, 6.07) is 22.6. The molecule has 180 valence electrons. The van der Waals surface area contributed by atoms with Crippen molar-refractivity contribution < 1.29 is 24.2 Å². The molecule has 3 aromatic carbocycles. The molecule has 0 unspecified atom stereocenters. The predicted molar refractivity (Wildman–Crippen MR) is 132 cm³/mol. The van der Waals surface area contributed by atoms with Crippen LogP contribution in [-0.4, -0.2) is 35.7 Å². The molecular weight excluding hydrogens is 444 g/mol. The van der Waals surface area contributed by atoms with Gasteiger partial charge in [0.1, 0.15) is 12.6 Å².